The van der Waals surface area contributed by atoms with Gasteiger partial charge in [-0.1, -0.05) is 186 Å². The second-order valence-electron chi connectivity index (χ2n) is 13.0. The van der Waals surface area contributed by atoms with Crippen LogP contribution in [0.25, 0.3) is 0 Å². The van der Waals surface area contributed by atoms with Crippen molar-refractivity contribution in [1.29, 1.82) is 0 Å². The van der Waals surface area contributed by atoms with Crippen molar-refractivity contribution >= 4 is 5.69 Å². The van der Waals surface area contributed by atoms with E-state index in [4.69, 9.17) is 0 Å². The van der Waals surface area contributed by atoms with Gasteiger partial charge in [0.05, 0.1) is 0 Å². The first-order chi connectivity index (χ1) is 20.4. The Morgan fingerprint density at radius 1 is 0.439 bits per heavy atom. The molecule has 1 aliphatic heterocycles. The van der Waals surface area contributed by atoms with Crippen molar-refractivity contribution in [3.63, 3.8) is 0 Å². The van der Waals surface area contributed by atoms with Gasteiger partial charge in [-0.25, -0.2) is 0 Å². The van der Waals surface area contributed by atoms with Crippen LogP contribution in [0.1, 0.15) is 187 Å². The van der Waals surface area contributed by atoms with Gasteiger partial charge in [0, 0.05) is 24.6 Å². The van der Waals surface area contributed by atoms with Gasteiger partial charge in [0.2, 0.25) is 0 Å². The number of anilines is 1. The van der Waals surface area contributed by atoms with E-state index in [1.807, 2.05) is 0 Å². The molecule has 0 spiro atoms. The molecule has 0 aliphatic carbocycles. The van der Waals surface area contributed by atoms with Gasteiger partial charge in [0.25, 0.3) is 0 Å². The van der Waals surface area contributed by atoms with E-state index in [0.717, 1.165) is 0 Å². The number of nitrogens with zero attached hydrogens (tertiary/aromatic N) is 2. The van der Waals surface area contributed by atoms with Crippen molar-refractivity contribution in [2.24, 2.45) is 0 Å². The van der Waals surface area contributed by atoms with Crippen LogP contribution in [0.5, 0.6) is 0 Å². The lowest BCUT2D eigenvalue weighted by atomic mass is 10.0. The summed E-state index contributed by atoms with van der Waals surface area (Å²) in [6.07, 6.45) is 43.6. The van der Waals surface area contributed by atoms with E-state index < -0.39 is 0 Å². The van der Waals surface area contributed by atoms with E-state index in [1.165, 1.54) is 186 Å². The Hall–Kier alpha value is -1.44. The first-order valence-electron chi connectivity index (χ1n) is 18.6. The van der Waals surface area contributed by atoms with Gasteiger partial charge in [-0.2, -0.15) is 0 Å². The first-order valence-corrected chi connectivity index (χ1v) is 18.6. The van der Waals surface area contributed by atoms with Crippen LogP contribution in [-0.4, -0.2) is 17.6 Å². The lowest BCUT2D eigenvalue weighted by Gasteiger charge is -2.33. The minimum Gasteiger partial charge on any atom is -0.356 e. The van der Waals surface area contributed by atoms with Crippen LogP contribution in [0.2, 0.25) is 0 Å². The molecule has 0 amide bonds. The Bertz CT molecular complexity index is 699. The molecule has 2 nitrogen and oxygen atoms in total. The van der Waals surface area contributed by atoms with E-state index in [0.29, 0.717) is 6.17 Å². The molecule has 0 bridgehead atoms. The number of rotatable bonds is 29. The van der Waals surface area contributed by atoms with Crippen molar-refractivity contribution in [3.8, 4) is 0 Å². The van der Waals surface area contributed by atoms with Crippen LogP contribution in [0.4, 0.5) is 5.69 Å². The van der Waals surface area contributed by atoms with E-state index in [1.54, 1.807) is 0 Å². The Morgan fingerprint density at radius 2 is 0.829 bits per heavy atom. The number of benzene rings is 1. The minimum absolute atomic E-state index is 0.502. The fourth-order valence-electron chi connectivity index (χ4n) is 6.56. The van der Waals surface area contributed by atoms with Crippen molar-refractivity contribution in [2.75, 3.05) is 11.4 Å². The summed E-state index contributed by atoms with van der Waals surface area (Å²) in [7, 11) is 0. The van der Waals surface area contributed by atoms with Crippen LogP contribution in [0, 0.1) is 0 Å². The average Bonchev–Trinajstić information content (AvgIpc) is 3.40. The number of hydrogen-bond donors (Lipinski definition) is 0. The van der Waals surface area contributed by atoms with Gasteiger partial charge in [0.1, 0.15) is 6.17 Å². The van der Waals surface area contributed by atoms with Crippen LogP contribution in [0.3, 0.4) is 0 Å². The van der Waals surface area contributed by atoms with Gasteiger partial charge in [-0.3, -0.25) is 0 Å². The average molecular weight is 567 g/mol. The molecule has 41 heavy (non-hydrogen) atoms. The Kier molecular flexibility index (Phi) is 22.9. The molecular formula is C39H70N2. The molecule has 1 atom stereocenters. The zero-order chi connectivity index (χ0) is 29.1. The molecule has 1 aromatic rings. The Balaban J connectivity index is 1.53. The summed E-state index contributed by atoms with van der Waals surface area (Å²) in [5.74, 6) is 0. The van der Waals surface area contributed by atoms with Crippen molar-refractivity contribution in [3.05, 3.63) is 42.7 Å². The molecule has 0 fully saturated rings. The highest BCUT2D eigenvalue weighted by atomic mass is 15.4. The summed E-state index contributed by atoms with van der Waals surface area (Å²) >= 11 is 0. The highest BCUT2D eigenvalue weighted by Gasteiger charge is 2.26. The van der Waals surface area contributed by atoms with Crippen molar-refractivity contribution in [2.45, 2.75) is 193 Å². The van der Waals surface area contributed by atoms with E-state index in [-0.39, 0.29) is 0 Å². The molecule has 0 radical (unpaired) electrons. The molecule has 0 saturated heterocycles. The highest BCUT2D eigenvalue weighted by molar-refractivity contribution is 5.51. The smallest absolute Gasteiger partial charge is 0.105 e. The van der Waals surface area contributed by atoms with E-state index in [9.17, 15) is 0 Å². The normalized spacial score (nSPS) is 14.9. The largest absolute Gasteiger partial charge is 0.356 e. The molecule has 0 N–H and O–H groups in total. The maximum Gasteiger partial charge on any atom is 0.105 e. The molecule has 1 unspecified atom stereocenters. The monoisotopic (exact) mass is 567 g/mol. The predicted octanol–water partition coefficient (Wildman–Crippen LogP) is 13.2. The lowest BCUT2D eigenvalue weighted by Crippen LogP contribution is -2.39. The second kappa shape index (κ2) is 26.2. The van der Waals surface area contributed by atoms with Crippen LogP contribution >= 0.6 is 0 Å². The fraction of sp³-hybridized carbons (Fsp3) is 0.795. The molecule has 1 aromatic carbocycles. The molecule has 0 aromatic heterocycles. The molecule has 0 saturated carbocycles. The topological polar surface area (TPSA) is 6.48 Å². The Morgan fingerprint density at radius 3 is 1.27 bits per heavy atom. The summed E-state index contributed by atoms with van der Waals surface area (Å²) in [6.45, 7) is 5.82. The molecule has 1 aliphatic rings. The molecule has 2 rings (SSSR count). The van der Waals surface area contributed by atoms with Gasteiger partial charge in [-0.15, -0.1) is 0 Å². The predicted molar refractivity (Wildman–Crippen MR) is 185 cm³/mol. The maximum absolute atomic E-state index is 2.64. The number of para-hydroxylation sites is 1. The van der Waals surface area contributed by atoms with Gasteiger partial charge >= 0.3 is 0 Å². The summed E-state index contributed by atoms with van der Waals surface area (Å²) in [5.41, 5.74) is 1.34. The van der Waals surface area contributed by atoms with Gasteiger partial charge in [0.15, 0.2) is 0 Å². The third-order valence-corrected chi connectivity index (χ3v) is 9.26. The summed E-state index contributed by atoms with van der Waals surface area (Å²) in [5, 5.41) is 0. The van der Waals surface area contributed by atoms with Crippen molar-refractivity contribution < 1.29 is 0 Å². The maximum atomic E-state index is 2.64. The number of hydrogen-bond acceptors (Lipinski definition) is 2. The molecule has 1 heterocycles. The standard InChI is InChI=1S/C39H70N2/c1-3-5-7-9-11-13-15-16-17-18-20-22-24-26-31-35-40-36-37-41(38-32-28-27-29-33-38)39(40)34-30-25-23-21-19-14-12-10-8-6-4-2/h27-29,32-33,36-37,39H,3-26,30-31,34-35H2,1-2H3. The highest BCUT2D eigenvalue weighted by Crippen LogP contribution is 2.28. The zero-order valence-corrected chi connectivity index (χ0v) is 27.8. The third-order valence-electron chi connectivity index (χ3n) is 9.26. The van der Waals surface area contributed by atoms with Crippen LogP contribution in [0.15, 0.2) is 42.7 Å². The van der Waals surface area contributed by atoms with Gasteiger partial charge in [-0.05, 0) is 31.4 Å². The SMILES string of the molecule is CCCCCCCCCCCCCCCCCN1C=CN(c2ccccc2)C1CCCCCCCCCCCCC. The van der Waals surface area contributed by atoms with Crippen molar-refractivity contribution in [1.82, 2.24) is 4.90 Å². The number of unbranched alkanes of at least 4 members (excludes halogenated alkanes) is 24. The second-order valence-corrected chi connectivity index (χ2v) is 13.0. The Labute approximate surface area is 257 Å². The summed E-state index contributed by atoms with van der Waals surface area (Å²) in [4.78, 5) is 5.17. The van der Waals surface area contributed by atoms with E-state index in [2.05, 4.69) is 66.4 Å². The zero-order valence-electron chi connectivity index (χ0n) is 27.8. The minimum atomic E-state index is 0.502. The van der Waals surface area contributed by atoms with E-state index >= 15 is 0 Å². The fourth-order valence-corrected chi connectivity index (χ4v) is 6.56. The van der Waals surface area contributed by atoms with Gasteiger partial charge < -0.3 is 9.80 Å². The lowest BCUT2D eigenvalue weighted by molar-refractivity contribution is 0.273. The quantitative estimate of drug-likeness (QED) is 0.0890. The third kappa shape index (κ3) is 18.0. The van der Waals surface area contributed by atoms with Crippen LogP contribution in [-0.2, 0) is 0 Å². The van der Waals surface area contributed by atoms with Crippen LogP contribution < -0.4 is 4.90 Å². The summed E-state index contributed by atoms with van der Waals surface area (Å²) < 4.78 is 0. The summed E-state index contributed by atoms with van der Waals surface area (Å²) in [6, 6.07) is 11.0. The first kappa shape index (κ1) is 35.8. The molecular weight excluding hydrogens is 496 g/mol. The molecule has 236 valence electrons. The molecule has 2 heteroatoms.